The number of benzene rings is 1. The summed E-state index contributed by atoms with van der Waals surface area (Å²) in [6.45, 7) is -0.193. The number of rotatable bonds is 5. The van der Waals surface area contributed by atoms with Crippen molar-refractivity contribution in [2.75, 3.05) is 13.7 Å². The molecule has 0 saturated heterocycles. The molecule has 0 aliphatic heterocycles. The topological polar surface area (TPSA) is 58.6 Å². The van der Waals surface area contributed by atoms with Crippen LogP contribution in [-0.4, -0.2) is 24.7 Å². The molecule has 0 fully saturated rings. The number of carbonyl (C=O) groups excluding carboxylic acids is 1. The van der Waals surface area contributed by atoms with E-state index in [1.807, 2.05) is 0 Å². The van der Waals surface area contributed by atoms with Crippen molar-refractivity contribution in [1.29, 1.82) is 0 Å². The Bertz CT molecular complexity index is 582. The number of hydrogen-bond acceptors (Lipinski definition) is 4. The largest absolute Gasteiger partial charge is 0.495 e. The lowest BCUT2D eigenvalue weighted by Crippen LogP contribution is -2.30. The van der Waals surface area contributed by atoms with Crippen LogP contribution in [0, 0.1) is 0 Å². The molecule has 1 aromatic carbocycles. The third kappa shape index (κ3) is 3.30. The van der Waals surface area contributed by atoms with Gasteiger partial charge in [-0.3, -0.25) is 4.79 Å². The van der Waals surface area contributed by atoms with E-state index in [9.17, 15) is 9.90 Å². The third-order valence-electron chi connectivity index (χ3n) is 2.82. The lowest BCUT2D eigenvalue weighted by molar-refractivity contribution is 0.0917. The summed E-state index contributed by atoms with van der Waals surface area (Å²) < 4.78 is 5.11. The van der Waals surface area contributed by atoms with Crippen LogP contribution in [0.25, 0.3) is 0 Å². The molecule has 0 aliphatic rings. The number of aliphatic hydroxyl groups excluding tert-OH is 1. The minimum atomic E-state index is -0.480. The highest BCUT2D eigenvalue weighted by atomic mass is 35.5. The monoisotopic (exact) mass is 311 g/mol. The number of methoxy groups -OCH3 is 1. The van der Waals surface area contributed by atoms with E-state index in [1.54, 1.807) is 35.7 Å². The van der Waals surface area contributed by atoms with E-state index in [2.05, 4.69) is 5.32 Å². The molecule has 0 radical (unpaired) electrons. The van der Waals surface area contributed by atoms with Gasteiger partial charge in [0.15, 0.2) is 0 Å². The highest BCUT2D eigenvalue weighted by Gasteiger charge is 2.19. The zero-order valence-electron chi connectivity index (χ0n) is 10.8. The van der Waals surface area contributed by atoms with E-state index in [4.69, 9.17) is 16.3 Å². The van der Waals surface area contributed by atoms with Gasteiger partial charge < -0.3 is 15.2 Å². The molecule has 2 rings (SSSR count). The second-order valence-electron chi connectivity index (χ2n) is 4.08. The quantitative estimate of drug-likeness (QED) is 0.892. The van der Waals surface area contributed by atoms with Gasteiger partial charge in [0.2, 0.25) is 0 Å². The maximum Gasteiger partial charge on any atom is 0.265 e. The Morgan fingerprint density at radius 3 is 2.70 bits per heavy atom. The number of amides is 1. The Morgan fingerprint density at radius 2 is 2.10 bits per heavy atom. The molecular formula is C14H14ClNO3S. The predicted molar refractivity (Wildman–Crippen MR) is 79.6 cm³/mol. The summed E-state index contributed by atoms with van der Waals surface area (Å²) in [5.41, 5.74) is 0.792. The number of carbonyl (C=O) groups is 1. The van der Waals surface area contributed by atoms with Crippen LogP contribution in [0.5, 0.6) is 5.75 Å². The summed E-state index contributed by atoms with van der Waals surface area (Å²) in [6.07, 6.45) is 0. The van der Waals surface area contributed by atoms with Gasteiger partial charge in [0.05, 0.1) is 19.8 Å². The fourth-order valence-electron chi connectivity index (χ4n) is 1.78. The molecule has 1 heterocycles. The van der Waals surface area contributed by atoms with E-state index in [-0.39, 0.29) is 12.5 Å². The lowest BCUT2D eigenvalue weighted by Gasteiger charge is -2.16. The van der Waals surface area contributed by atoms with Crippen LogP contribution >= 0.6 is 22.9 Å². The first-order chi connectivity index (χ1) is 9.65. The van der Waals surface area contributed by atoms with Gasteiger partial charge in [-0.1, -0.05) is 23.7 Å². The minimum absolute atomic E-state index is 0.193. The summed E-state index contributed by atoms with van der Waals surface area (Å²) in [5, 5.41) is 14.6. The average Bonchev–Trinajstić information content (AvgIpc) is 2.94. The van der Waals surface area contributed by atoms with Crippen LogP contribution in [0.3, 0.4) is 0 Å². The van der Waals surface area contributed by atoms with Crippen molar-refractivity contribution < 1.29 is 14.6 Å². The first-order valence-electron chi connectivity index (χ1n) is 5.94. The number of hydrogen-bond donors (Lipinski definition) is 2. The van der Waals surface area contributed by atoms with Gasteiger partial charge in [-0.05, 0) is 29.1 Å². The molecule has 0 spiro atoms. The smallest absolute Gasteiger partial charge is 0.265 e. The molecule has 0 bridgehead atoms. The number of thiophene rings is 1. The summed E-state index contributed by atoms with van der Waals surface area (Å²) in [7, 11) is 1.52. The number of ether oxygens (including phenoxy) is 1. The van der Waals surface area contributed by atoms with Crippen LogP contribution in [0.15, 0.2) is 35.7 Å². The molecule has 1 unspecified atom stereocenters. The molecule has 1 aromatic heterocycles. The van der Waals surface area contributed by atoms with E-state index in [1.165, 1.54) is 18.4 Å². The van der Waals surface area contributed by atoms with E-state index in [0.29, 0.717) is 15.6 Å². The SMILES string of the molecule is COc1ccsc1C(=O)NC(CO)c1ccc(Cl)cc1. The summed E-state index contributed by atoms with van der Waals surface area (Å²) in [6, 6.07) is 8.24. The highest BCUT2D eigenvalue weighted by molar-refractivity contribution is 7.12. The summed E-state index contributed by atoms with van der Waals surface area (Å²) in [5.74, 6) is 0.256. The number of halogens is 1. The van der Waals surface area contributed by atoms with Crippen LogP contribution < -0.4 is 10.1 Å². The minimum Gasteiger partial charge on any atom is -0.495 e. The van der Waals surface area contributed by atoms with Gasteiger partial charge in [-0.25, -0.2) is 0 Å². The van der Waals surface area contributed by atoms with Crippen molar-refractivity contribution in [2.45, 2.75) is 6.04 Å². The summed E-state index contributed by atoms with van der Waals surface area (Å²) >= 11 is 7.11. The van der Waals surface area contributed by atoms with Crippen molar-refractivity contribution in [3.63, 3.8) is 0 Å². The molecule has 20 heavy (non-hydrogen) atoms. The highest BCUT2D eigenvalue weighted by Crippen LogP contribution is 2.25. The zero-order chi connectivity index (χ0) is 14.5. The standard InChI is InChI=1S/C14H14ClNO3S/c1-19-12-6-7-20-13(12)14(18)16-11(8-17)9-2-4-10(15)5-3-9/h2-7,11,17H,8H2,1H3,(H,16,18). The van der Waals surface area contributed by atoms with Crippen molar-refractivity contribution in [2.24, 2.45) is 0 Å². The van der Waals surface area contributed by atoms with Gasteiger partial charge in [-0.2, -0.15) is 0 Å². The van der Waals surface area contributed by atoms with Crippen LogP contribution in [0.2, 0.25) is 5.02 Å². The van der Waals surface area contributed by atoms with Crippen molar-refractivity contribution in [3.8, 4) is 5.75 Å². The molecule has 2 N–H and O–H groups in total. The number of nitrogens with one attached hydrogen (secondary N) is 1. The predicted octanol–water partition coefficient (Wildman–Crippen LogP) is 2.87. The first-order valence-corrected chi connectivity index (χ1v) is 7.20. The molecular weight excluding hydrogens is 298 g/mol. The molecule has 1 amide bonds. The van der Waals surface area contributed by atoms with E-state index in [0.717, 1.165) is 5.56 Å². The molecule has 0 aliphatic carbocycles. The Morgan fingerprint density at radius 1 is 1.40 bits per heavy atom. The van der Waals surface area contributed by atoms with Crippen molar-refractivity contribution in [1.82, 2.24) is 5.32 Å². The molecule has 106 valence electrons. The molecule has 4 nitrogen and oxygen atoms in total. The summed E-state index contributed by atoms with van der Waals surface area (Å²) in [4.78, 5) is 12.7. The normalized spacial score (nSPS) is 11.9. The van der Waals surface area contributed by atoms with Gasteiger partial charge in [0, 0.05) is 5.02 Å². The van der Waals surface area contributed by atoms with Crippen LogP contribution in [-0.2, 0) is 0 Å². The Hall–Kier alpha value is -1.56. The van der Waals surface area contributed by atoms with Crippen molar-refractivity contribution >= 4 is 28.8 Å². The Balaban J connectivity index is 2.14. The van der Waals surface area contributed by atoms with Gasteiger partial charge in [0.1, 0.15) is 10.6 Å². The first kappa shape index (κ1) is 14.8. The van der Waals surface area contributed by atoms with E-state index >= 15 is 0 Å². The third-order valence-corrected chi connectivity index (χ3v) is 3.96. The average molecular weight is 312 g/mol. The second-order valence-corrected chi connectivity index (χ2v) is 5.43. The van der Waals surface area contributed by atoms with Crippen LogP contribution in [0.4, 0.5) is 0 Å². The van der Waals surface area contributed by atoms with Gasteiger partial charge >= 0.3 is 0 Å². The maximum atomic E-state index is 12.2. The fourth-order valence-corrected chi connectivity index (χ4v) is 2.66. The number of aliphatic hydroxyl groups is 1. The molecule has 6 heteroatoms. The maximum absolute atomic E-state index is 12.2. The van der Waals surface area contributed by atoms with Crippen LogP contribution in [0.1, 0.15) is 21.3 Å². The molecule has 2 aromatic rings. The second kappa shape index (κ2) is 6.74. The van der Waals surface area contributed by atoms with Gasteiger partial charge in [-0.15, -0.1) is 11.3 Å². The van der Waals surface area contributed by atoms with E-state index < -0.39 is 6.04 Å². The lowest BCUT2D eigenvalue weighted by atomic mass is 10.1. The molecule has 1 atom stereocenters. The fraction of sp³-hybridized carbons (Fsp3) is 0.214. The Labute approximate surface area is 126 Å². The molecule has 0 saturated carbocycles. The zero-order valence-corrected chi connectivity index (χ0v) is 12.4. The Kier molecular flexibility index (Phi) is 5.00. The van der Waals surface area contributed by atoms with Crippen molar-refractivity contribution in [3.05, 3.63) is 51.2 Å². The van der Waals surface area contributed by atoms with Gasteiger partial charge in [0.25, 0.3) is 5.91 Å².